The zero-order valence-corrected chi connectivity index (χ0v) is 15.6. The smallest absolute Gasteiger partial charge is 0.340 e. The molecule has 0 spiro atoms. The third-order valence-electron chi connectivity index (χ3n) is 4.93. The van der Waals surface area contributed by atoms with Crippen LogP contribution in [-0.4, -0.2) is 17.5 Å². The van der Waals surface area contributed by atoms with Crippen molar-refractivity contribution in [2.24, 2.45) is 5.73 Å². The van der Waals surface area contributed by atoms with Gasteiger partial charge in [-0.25, -0.2) is 4.79 Å². The third kappa shape index (κ3) is 3.16. The van der Waals surface area contributed by atoms with Crippen LogP contribution in [0.5, 0.6) is 5.75 Å². The first kappa shape index (κ1) is 18.5. The van der Waals surface area contributed by atoms with Gasteiger partial charge in [-0.2, -0.15) is 0 Å². The predicted octanol–water partition coefficient (Wildman–Crippen LogP) is 4.01. The number of nitro groups is 1. The van der Waals surface area contributed by atoms with Gasteiger partial charge >= 0.3 is 5.97 Å². The first-order chi connectivity index (χ1) is 14.0. The molecule has 0 unspecified atom stereocenters. The van der Waals surface area contributed by atoms with E-state index >= 15 is 0 Å². The zero-order valence-electron chi connectivity index (χ0n) is 15.6. The molecule has 146 valence electrons. The molecule has 0 saturated heterocycles. The molecular formula is C22H18N2O5. The molecule has 1 aliphatic rings. The summed E-state index contributed by atoms with van der Waals surface area (Å²) in [6, 6.07) is 17.6. The first-order valence-corrected chi connectivity index (χ1v) is 9.12. The number of nitrogens with two attached hydrogens (primary N) is 1. The fourth-order valence-electron chi connectivity index (χ4n) is 3.67. The topological polar surface area (TPSA) is 105 Å². The number of hydrogen-bond donors (Lipinski definition) is 1. The maximum atomic E-state index is 12.8. The highest BCUT2D eigenvalue weighted by Crippen LogP contribution is 2.46. The average Bonchev–Trinajstić information content (AvgIpc) is 2.72. The Kier molecular flexibility index (Phi) is 4.64. The molecule has 1 aliphatic heterocycles. The number of nitro benzene ring substituents is 1. The fourth-order valence-corrected chi connectivity index (χ4v) is 3.67. The number of esters is 1. The van der Waals surface area contributed by atoms with Gasteiger partial charge in [0.05, 0.1) is 17.4 Å². The molecule has 2 N–H and O–H groups in total. The van der Waals surface area contributed by atoms with E-state index in [1.54, 1.807) is 19.1 Å². The molecule has 29 heavy (non-hydrogen) atoms. The normalized spacial score (nSPS) is 15.6. The maximum Gasteiger partial charge on any atom is 0.340 e. The molecule has 0 amide bonds. The lowest BCUT2D eigenvalue weighted by Crippen LogP contribution is -2.27. The number of hydrogen-bond acceptors (Lipinski definition) is 6. The summed E-state index contributed by atoms with van der Waals surface area (Å²) >= 11 is 0. The van der Waals surface area contributed by atoms with Crippen molar-refractivity contribution < 1.29 is 19.2 Å². The summed E-state index contributed by atoms with van der Waals surface area (Å²) in [5, 5.41) is 12.9. The lowest BCUT2D eigenvalue weighted by Gasteiger charge is -2.29. The number of rotatable bonds is 4. The van der Waals surface area contributed by atoms with Crippen molar-refractivity contribution in [3.63, 3.8) is 0 Å². The summed E-state index contributed by atoms with van der Waals surface area (Å²) in [4.78, 5) is 23.4. The van der Waals surface area contributed by atoms with Crippen LogP contribution in [0.3, 0.4) is 0 Å². The highest BCUT2D eigenvalue weighted by atomic mass is 16.6. The van der Waals surface area contributed by atoms with E-state index in [9.17, 15) is 14.9 Å². The van der Waals surface area contributed by atoms with Crippen molar-refractivity contribution >= 4 is 22.4 Å². The minimum absolute atomic E-state index is 0.0328. The van der Waals surface area contributed by atoms with Crippen LogP contribution in [0.15, 0.2) is 72.1 Å². The van der Waals surface area contributed by atoms with Gasteiger partial charge in [-0.15, -0.1) is 0 Å². The number of carbonyl (C=O) groups excluding carboxylic acids is 1. The molecule has 7 nitrogen and oxygen atoms in total. The molecule has 0 bridgehead atoms. The molecule has 3 aromatic carbocycles. The number of carbonyl (C=O) groups is 1. The number of non-ortho nitro benzene ring substituents is 1. The van der Waals surface area contributed by atoms with Crippen LogP contribution in [0.25, 0.3) is 10.8 Å². The van der Waals surface area contributed by atoms with Crippen molar-refractivity contribution in [1.29, 1.82) is 0 Å². The Morgan fingerprint density at radius 2 is 1.86 bits per heavy atom. The molecule has 4 rings (SSSR count). The summed E-state index contributed by atoms with van der Waals surface area (Å²) in [5.41, 5.74) is 7.73. The van der Waals surface area contributed by atoms with Crippen LogP contribution < -0.4 is 10.5 Å². The Balaban J connectivity index is 1.98. The molecule has 0 fully saturated rings. The fraction of sp³-hybridized carbons (Fsp3) is 0.136. The maximum absolute atomic E-state index is 12.8. The summed E-state index contributed by atoms with van der Waals surface area (Å²) < 4.78 is 11.0. The highest BCUT2D eigenvalue weighted by Gasteiger charge is 2.36. The van der Waals surface area contributed by atoms with Crippen LogP contribution in [0.4, 0.5) is 5.69 Å². The molecule has 1 heterocycles. The minimum atomic E-state index is -0.579. The molecule has 7 heteroatoms. The van der Waals surface area contributed by atoms with E-state index in [0.29, 0.717) is 11.3 Å². The van der Waals surface area contributed by atoms with Gasteiger partial charge in [0.15, 0.2) is 0 Å². The molecular weight excluding hydrogens is 372 g/mol. The molecule has 3 aromatic rings. The average molecular weight is 390 g/mol. The van der Waals surface area contributed by atoms with Crippen molar-refractivity contribution in [1.82, 2.24) is 0 Å². The molecule has 0 aliphatic carbocycles. The van der Waals surface area contributed by atoms with Crippen molar-refractivity contribution in [3.05, 3.63) is 93.4 Å². The Morgan fingerprint density at radius 3 is 2.55 bits per heavy atom. The number of benzene rings is 3. The Hall–Kier alpha value is -3.87. The van der Waals surface area contributed by atoms with Crippen LogP contribution in [-0.2, 0) is 9.53 Å². The van der Waals surface area contributed by atoms with Gasteiger partial charge in [-0.1, -0.05) is 42.5 Å². The van der Waals surface area contributed by atoms with E-state index in [1.807, 2.05) is 36.4 Å². The standard InChI is InChI=1S/C22H18N2O5/c1-2-28-22(25)20-18(14-7-10-15(11-8-14)24(26)27)19-16-6-4-3-5-13(16)9-12-17(19)29-21(20)23/h3-12,18H,2,23H2,1H3/t18-/m1/s1. The summed E-state index contributed by atoms with van der Waals surface area (Å²) in [7, 11) is 0. The molecule has 0 aromatic heterocycles. The number of nitrogens with zero attached hydrogens (tertiary/aromatic N) is 1. The van der Waals surface area contributed by atoms with E-state index in [-0.39, 0.29) is 23.8 Å². The van der Waals surface area contributed by atoms with E-state index in [0.717, 1.165) is 16.3 Å². The number of ether oxygens (including phenoxy) is 2. The van der Waals surface area contributed by atoms with E-state index in [1.165, 1.54) is 12.1 Å². The largest absolute Gasteiger partial charge is 0.462 e. The lowest BCUT2D eigenvalue weighted by molar-refractivity contribution is -0.384. The van der Waals surface area contributed by atoms with Crippen molar-refractivity contribution in [3.8, 4) is 5.75 Å². The molecule has 0 saturated carbocycles. The van der Waals surface area contributed by atoms with Gasteiger partial charge < -0.3 is 15.2 Å². The van der Waals surface area contributed by atoms with Gasteiger partial charge in [0, 0.05) is 17.7 Å². The molecule has 1 atom stereocenters. The van der Waals surface area contributed by atoms with Crippen LogP contribution in [0.2, 0.25) is 0 Å². The quantitative estimate of drug-likeness (QED) is 0.410. The highest BCUT2D eigenvalue weighted by molar-refractivity contribution is 5.97. The second-order valence-corrected chi connectivity index (χ2v) is 6.58. The summed E-state index contributed by atoms with van der Waals surface area (Å²) in [6.07, 6.45) is 0. The Morgan fingerprint density at radius 1 is 1.14 bits per heavy atom. The second-order valence-electron chi connectivity index (χ2n) is 6.58. The monoisotopic (exact) mass is 390 g/mol. The van der Waals surface area contributed by atoms with Crippen LogP contribution in [0, 0.1) is 10.1 Å². The lowest BCUT2D eigenvalue weighted by atomic mass is 9.80. The van der Waals surface area contributed by atoms with E-state index < -0.39 is 16.8 Å². The van der Waals surface area contributed by atoms with Gasteiger partial charge in [-0.3, -0.25) is 10.1 Å². The van der Waals surface area contributed by atoms with Crippen molar-refractivity contribution in [2.45, 2.75) is 12.8 Å². The SMILES string of the molecule is CCOC(=O)C1=C(N)Oc2ccc3ccccc3c2[C@H]1c1ccc([N+](=O)[O-])cc1. The van der Waals surface area contributed by atoms with Crippen LogP contribution >= 0.6 is 0 Å². The van der Waals surface area contributed by atoms with Gasteiger partial charge in [0.1, 0.15) is 11.3 Å². The van der Waals surface area contributed by atoms with Gasteiger partial charge in [0.2, 0.25) is 5.88 Å². The van der Waals surface area contributed by atoms with Crippen LogP contribution in [0.1, 0.15) is 24.0 Å². The Bertz CT molecular complexity index is 1150. The Labute approximate surface area is 166 Å². The second kappa shape index (κ2) is 7.27. The minimum Gasteiger partial charge on any atom is -0.462 e. The predicted molar refractivity (Wildman–Crippen MR) is 107 cm³/mol. The van der Waals surface area contributed by atoms with Gasteiger partial charge in [0.25, 0.3) is 5.69 Å². The van der Waals surface area contributed by atoms with E-state index in [4.69, 9.17) is 15.2 Å². The number of fused-ring (bicyclic) bond motifs is 3. The zero-order chi connectivity index (χ0) is 20.5. The third-order valence-corrected chi connectivity index (χ3v) is 4.93. The van der Waals surface area contributed by atoms with Crippen molar-refractivity contribution in [2.75, 3.05) is 6.61 Å². The first-order valence-electron chi connectivity index (χ1n) is 9.12. The van der Waals surface area contributed by atoms with E-state index in [2.05, 4.69) is 0 Å². The summed E-state index contributed by atoms with van der Waals surface area (Å²) in [5.74, 6) is -0.649. The van der Waals surface area contributed by atoms with Gasteiger partial charge in [-0.05, 0) is 29.3 Å². The molecule has 0 radical (unpaired) electrons. The summed E-state index contributed by atoms with van der Waals surface area (Å²) in [6.45, 7) is 1.90.